The van der Waals surface area contributed by atoms with Gasteiger partial charge in [-0.25, -0.2) is 0 Å². The third kappa shape index (κ3) is 10.1. The predicted molar refractivity (Wildman–Crippen MR) is 167 cm³/mol. The number of benzene rings is 4. The molecule has 0 saturated carbocycles. The van der Waals surface area contributed by atoms with Crippen LogP contribution in [0.15, 0.2) is 109 Å². The monoisotopic (exact) mass is 530 g/mol. The fourth-order valence-corrected chi connectivity index (χ4v) is 3.44. The van der Waals surface area contributed by atoms with E-state index < -0.39 is 0 Å². The van der Waals surface area contributed by atoms with E-state index in [2.05, 4.69) is 137 Å². The summed E-state index contributed by atoms with van der Waals surface area (Å²) in [6.45, 7) is 0. The molecule has 0 aliphatic heterocycles. The molecule has 0 spiro atoms. The van der Waals surface area contributed by atoms with Crippen LogP contribution in [0.4, 0.5) is 17.3 Å². The summed E-state index contributed by atoms with van der Waals surface area (Å²) >= 11 is 0. The third-order valence-corrected chi connectivity index (χ3v) is 5.55. The van der Waals surface area contributed by atoms with Gasteiger partial charge in [-0.1, -0.05) is 133 Å². The van der Waals surface area contributed by atoms with E-state index in [0.29, 0.717) is 0 Å². The third-order valence-electron chi connectivity index (χ3n) is 5.55. The second-order valence-electron chi connectivity index (χ2n) is 8.21. The summed E-state index contributed by atoms with van der Waals surface area (Å²) in [5.74, 6) is 0.227. The number of nitrogens with zero attached hydrogens (tertiary/aromatic N) is 3. The van der Waals surface area contributed by atoms with Crippen molar-refractivity contribution in [3.05, 3.63) is 131 Å². The van der Waals surface area contributed by atoms with Gasteiger partial charge in [-0.2, -0.15) is 0 Å². The fraction of sp³-hybridized carbons (Fsp3) is 0. The Bertz CT molecular complexity index is 1360. The Balaban J connectivity index is 0.000000416. The molecule has 184 valence electrons. The number of hydrogen-bond acceptors (Lipinski definition) is 6. The number of nitrogen functional groups attached to an aromatic ring is 3. The van der Waals surface area contributed by atoms with Gasteiger partial charge in [0.05, 0.1) is 0 Å². The molecule has 6 N–H and O–H groups in total. The zero-order chi connectivity index (χ0) is 25.9. The summed E-state index contributed by atoms with van der Waals surface area (Å²) in [4.78, 5) is 0. The summed E-state index contributed by atoms with van der Waals surface area (Å²) in [6, 6.07) is 38.1. The minimum atomic E-state index is 0. The van der Waals surface area contributed by atoms with Crippen LogP contribution in [0, 0.1) is 0 Å². The van der Waals surface area contributed by atoms with Crippen LogP contribution in [0.5, 0.6) is 0 Å². The van der Waals surface area contributed by atoms with E-state index in [1.54, 1.807) is 0 Å². The van der Waals surface area contributed by atoms with Gasteiger partial charge in [-0.05, 0) is 38.6 Å². The van der Waals surface area contributed by atoms with Crippen LogP contribution in [0.1, 0.15) is 22.3 Å². The minimum Gasteiger partial charge on any atom is -0.393 e. The van der Waals surface area contributed by atoms with Crippen molar-refractivity contribution in [3.8, 4) is 11.1 Å². The molecule has 5 aromatic rings. The van der Waals surface area contributed by atoms with E-state index >= 15 is 0 Å². The van der Waals surface area contributed by atoms with Gasteiger partial charge in [0.15, 0.2) is 11.6 Å². The zero-order valence-corrected chi connectivity index (χ0v) is 26.3. The molecule has 0 bridgehead atoms. The zero-order valence-electron chi connectivity index (χ0n) is 22.3. The smallest absolute Gasteiger partial charge is 0.174 e. The van der Waals surface area contributed by atoms with Crippen molar-refractivity contribution in [2.24, 2.45) is 0 Å². The van der Waals surface area contributed by atoms with Crippen LogP contribution in [-0.2, 0) is 0 Å². The Kier molecular flexibility index (Phi) is 13.7. The molecule has 39 heavy (non-hydrogen) atoms. The van der Waals surface area contributed by atoms with Crippen LogP contribution < -0.4 is 17.2 Å². The van der Waals surface area contributed by atoms with Crippen molar-refractivity contribution in [1.29, 1.82) is 0 Å². The Hall–Kier alpha value is -3.23. The van der Waals surface area contributed by atoms with Crippen molar-refractivity contribution in [2.45, 2.75) is 0 Å². The first kappa shape index (κ1) is 32.0. The summed E-state index contributed by atoms with van der Waals surface area (Å²) < 4.78 is 0. The van der Waals surface area contributed by atoms with Crippen molar-refractivity contribution < 1.29 is 0 Å². The molecule has 0 amide bonds. The minimum absolute atomic E-state index is 0. The van der Waals surface area contributed by atoms with Gasteiger partial charge in [0.2, 0.25) is 0 Å². The SMILES string of the molecule is C(=Cc1ccc(-c2ccc(C=Cc3ccccc3)cc2)cc1)c1ccccc1.Nc1nnnc(N)c1N.[Na].[Na]. The van der Waals surface area contributed by atoms with Crippen molar-refractivity contribution in [2.75, 3.05) is 17.2 Å². The molecule has 1 aromatic heterocycles. The van der Waals surface area contributed by atoms with Crippen LogP contribution in [0.3, 0.4) is 0 Å². The number of aromatic nitrogens is 3. The van der Waals surface area contributed by atoms with E-state index in [-0.39, 0.29) is 76.4 Å². The average Bonchev–Trinajstić information content (AvgIpc) is 2.96. The quantitative estimate of drug-likeness (QED) is 0.203. The molecular weight excluding hydrogens is 502 g/mol. The molecule has 0 aliphatic carbocycles. The Morgan fingerprint density at radius 1 is 0.410 bits per heavy atom. The molecule has 2 radical (unpaired) electrons. The Morgan fingerprint density at radius 2 is 0.718 bits per heavy atom. The topological polar surface area (TPSA) is 117 Å². The fourth-order valence-electron chi connectivity index (χ4n) is 3.44. The van der Waals surface area contributed by atoms with Crippen LogP contribution in [0.25, 0.3) is 35.4 Å². The molecule has 5 rings (SSSR count). The van der Waals surface area contributed by atoms with Gasteiger partial charge in [-0.15, -0.1) is 10.2 Å². The Labute approximate surface area is 273 Å². The number of anilines is 3. The second-order valence-corrected chi connectivity index (χ2v) is 8.21. The summed E-state index contributed by atoms with van der Waals surface area (Å²) in [6.07, 6.45) is 8.58. The van der Waals surface area contributed by atoms with E-state index in [1.807, 2.05) is 12.1 Å². The molecule has 6 nitrogen and oxygen atoms in total. The van der Waals surface area contributed by atoms with Crippen molar-refractivity contribution in [1.82, 2.24) is 15.4 Å². The van der Waals surface area contributed by atoms with Gasteiger partial charge in [0.1, 0.15) is 5.69 Å². The largest absolute Gasteiger partial charge is 0.393 e. The van der Waals surface area contributed by atoms with Crippen LogP contribution in [-0.4, -0.2) is 74.5 Å². The van der Waals surface area contributed by atoms with Crippen LogP contribution >= 0.6 is 0 Å². The van der Waals surface area contributed by atoms with Gasteiger partial charge in [-0.3, -0.25) is 0 Å². The second kappa shape index (κ2) is 16.7. The van der Waals surface area contributed by atoms with Gasteiger partial charge in [0.25, 0.3) is 0 Å². The summed E-state index contributed by atoms with van der Waals surface area (Å²) in [5.41, 5.74) is 23.2. The molecule has 8 heteroatoms. The van der Waals surface area contributed by atoms with Crippen molar-refractivity contribution >= 4 is 101 Å². The number of nitrogens with two attached hydrogens (primary N) is 3. The van der Waals surface area contributed by atoms with E-state index in [1.165, 1.54) is 33.4 Å². The normalized spacial score (nSPS) is 10.3. The first-order valence-electron chi connectivity index (χ1n) is 11.7. The van der Waals surface area contributed by atoms with Gasteiger partial charge >= 0.3 is 0 Å². The first-order chi connectivity index (χ1) is 18.1. The standard InChI is InChI=1S/C28H22.C3H6N6.2Na/c1-3-7-23(8-4-1)11-13-25-15-19-27(20-16-25)28-21-17-26(18-22-28)14-12-24-9-5-2-6-10-24;4-1-2(5)7-9-8-3(1)6;;/h1-22H;(H2,4,9)(H4,5,6,7,8);;. The van der Waals surface area contributed by atoms with E-state index in [4.69, 9.17) is 17.2 Å². The molecular formula is C31H28N6Na2. The molecule has 1 heterocycles. The molecule has 0 atom stereocenters. The van der Waals surface area contributed by atoms with Crippen LogP contribution in [0.2, 0.25) is 0 Å². The number of hydrogen-bond donors (Lipinski definition) is 3. The first-order valence-corrected chi connectivity index (χ1v) is 11.7. The maximum absolute atomic E-state index is 5.27. The molecule has 4 aromatic carbocycles. The van der Waals surface area contributed by atoms with E-state index in [0.717, 1.165) is 0 Å². The summed E-state index contributed by atoms with van der Waals surface area (Å²) in [7, 11) is 0. The number of rotatable bonds is 5. The predicted octanol–water partition coefficient (Wildman–Crippen LogP) is 5.55. The molecule has 0 saturated heterocycles. The Morgan fingerprint density at radius 3 is 1.03 bits per heavy atom. The van der Waals surface area contributed by atoms with Crippen molar-refractivity contribution in [3.63, 3.8) is 0 Å². The molecule has 0 aliphatic rings. The van der Waals surface area contributed by atoms with Gasteiger partial charge in [0, 0.05) is 59.1 Å². The molecule has 0 fully saturated rings. The van der Waals surface area contributed by atoms with Gasteiger partial charge < -0.3 is 17.2 Å². The maximum Gasteiger partial charge on any atom is 0.174 e. The molecule has 0 unspecified atom stereocenters. The summed E-state index contributed by atoms with van der Waals surface area (Å²) in [5, 5.41) is 9.92. The average molecular weight is 531 g/mol. The maximum atomic E-state index is 5.27. The van der Waals surface area contributed by atoms with E-state index in [9.17, 15) is 0 Å².